The van der Waals surface area contributed by atoms with Crippen molar-refractivity contribution in [2.45, 2.75) is 39.7 Å². The molecule has 2 aromatic carbocycles. The maximum atomic E-state index is 12.4. The molecule has 0 N–H and O–H groups in total. The fraction of sp³-hybridized carbons (Fsp3) is 0.333. The lowest BCUT2D eigenvalue weighted by molar-refractivity contribution is 0.0984. The lowest BCUT2D eigenvalue weighted by Crippen LogP contribution is -2.05. The summed E-state index contributed by atoms with van der Waals surface area (Å²) in [5.74, 6) is 1.61. The first-order valence-electron chi connectivity index (χ1n) is 8.39. The largest absolute Gasteiger partial charge is 0.496 e. The van der Waals surface area contributed by atoms with Crippen LogP contribution in [0, 0.1) is 6.92 Å². The van der Waals surface area contributed by atoms with Gasteiger partial charge in [-0.2, -0.15) is 0 Å². The molecule has 0 heterocycles. The third-order valence-corrected chi connectivity index (χ3v) is 4.76. The van der Waals surface area contributed by atoms with Gasteiger partial charge in [0, 0.05) is 17.5 Å². The molecule has 4 nitrogen and oxygen atoms in total. The van der Waals surface area contributed by atoms with E-state index in [-0.39, 0.29) is 24.1 Å². The van der Waals surface area contributed by atoms with E-state index in [1.807, 2.05) is 19.1 Å². The first-order valence-corrected chi connectivity index (χ1v) is 8.39. The lowest BCUT2D eigenvalue weighted by Gasteiger charge is -2.15. The Balaban J connectivity index is 1.92. The Kier molecular flexibility index (Phi) is 4.62. The number of aryl methyl sites for hydroxylation is 1. The van der Waals surface area contributed by atoms with Gasteiger partial charge in [-0.25, -0.2) is 0 Å². The van der Waals surface area contributed by atoms with Gasteiger partial charge in [-0.3, -0.25) is 9.59 Å². The van der Waals surface area contributed by atoms with Gasteiger partial charge in [0.2, 0.25) is 0 Å². The zero-order valence-electron chi connectivity index (χ0n) is 15.0. The van der Waals surface area contributed by atoms with E-state index in [1.54, 1.807) is 25.3 Å². The van der Waals surface area contributed by atoms with Crippen LogP contribution in [0.5, 0.6) is 11.5 Å². The number of rotatable bonds is 5. The number of ether oxygens (including phenoxy) is 2. The van der Waals surface area contributed by atoms with Crippen molar-refractivity contribution in [2.24, 2.45) is 0 Å². The van der Waals surface area contributed by atoms with Gasteiger partial charge in [-0.1, -0.05) is 13.0 Å². The van der Waals surface area contributed by atoms with Crippen LogP contribution in [0.25, 0.3) is 0 Å². The van der Waals surface area contributed by atoms with Gasteiger partial charge >= 0.3 is 0 Å². The topological polar surface area (TPSA) is 52.6 Å². The molecule has 0 aromatic heterocycles. The maximum Gasteiger partial charge on any atom is 0.167 e. The standard InChI is InChI=1S/C21H22O4/c1-12-5-7-19(21-17(23)9-13(2)20(12)21)25-11-16-10-15(14(3)22)6-8-18(16)24-4/h5-8,10,13H,9,11H2,1-4H3/t13-/m0/s1. The van der Waals surface area contributed by atoms with Crippen LogP contribution < -0.4 is 9.47 Å². The minimum absolute atomic E-state index is 0.0101. The number of Topliss-reactive ketones (excluding diaryl/α,β-unsaturated/α-hetero) is 2. The van der Waals surface area contributed by atoms with E-state index in [1.165, 1.54) is 6.92 Å². The summed E-state index contributed by atoms with van der Waals surface area (Å²) in [4.78, 5) is 24.0. The van der Waals surface area contributed by atoms with E-state index in [0.717, 1.165) is 16.7 Å². The number of carbonyl (C=O) groups is 2. The molecule has 0 spiro atoms. The molecule has 25 heavy (non-hydrogen) atoms. The van der Waals surface area contributed by atoms with E-state index in [4.69, 9.17) is 9.47 Å². The third kappa shape index (κ3) is 3.16. The second-order valence-corrected chi connectivity index (χ2v) is 6.57. The quantitative estimate of drug-likeness (QED) is 0.755. The Bertz CT molecular complexity index is 851. The molecule has 0 saturated carbocycles. The fourth-order valence-electron chi connectivity index (χ4n) is 3.49. The van der Waals surface area contributed by atoms with Crippen molar-refractivity contribution in [1.29, 1.82) is 0 Å². The average Bonchev–Trinajstić information content (AvgIpc) is 2.89. The van der Waals surface area contributed by atoms with Crippen LogP contribution in [0.3, 0.4) is 0 Å². The first-order chi connectivity index (χ1) is 11.9. The predicted octanol–water partition coefficient (Wildman–Crippen LogP) is 4.48. The minimum atomic E-state index is -0.0101. The van der Waals surface area contributed by atoms with Gasteiger partial charge in [0.05, 0.1) is 12.7 Å². The summed E-state index contributed by atoms with van der Waals surface area (Å²) in [7, 11) is 1.58. The molecule has 3 rings (SSSR count). The smallest absolute Gasteiger partial charge is 0.167 e. The Labute approximate surface area is 147 Å². The van der Waals surface area contributed by atoms with Crippen molar-refractivity contribution in [2.75, 3.05) is 7.11 Å². The molecule has 1 atom stereocenters. The summed E-state index contributed by atoms with van der Waals surface area (Å²) < 4.78 is 11.3. The van der Waals surface area contributed by atoms with Gasteiger partial charge in [0.1, 0.15) is 18.1 Å². The molecule has 0 fully saturated rings. The molecule has 0 unspecified atom stereocenters. The number of benzene rings is 2. The molecule has 1 aliphatic carbocycles. The highest BCUT2D eigenvalue weighted by atomic mass is 16.5. The van der Waals surface area contributed by atoms with Crippen LogP contribution in [-0.2, 0) is 6.61 Å². The highest BCUT2D eigenvalue weighted by Gasteiger charge is 2.31. The number of fused-ring (bicyclic) bond motifs is 1. The predicted molar refractivity (Wildman–Crippen MR) is 95.9 cm³/mol. The van der Waals surface area contributed by atoms with Crippen molar-refractivity contribution in [1.82, 2.24) is 0 Å². The maximum absolute atomic E-state index is 12.4. The van der Waals surface area contributed by atoms with E-state index < -0.39 is 0 Å². The average molecular weight is 338 g/mol. The fourth-order valence-corrected chi connectivity index (χ4v) is 3.49. The Morgan fingerprint density at radius 1 is 1.20 bits per heavy atom. The molecule has 0 amide bonds. The van der Waals surface area contributed by atoms with E-state index >= 15 is 0 Å². The van der Waals surface area contributed by atoms with Gasteiger partial charge in [0.25, 0.3) is 0 Å². The second-order valence-electron chi connectivity index (χ2n) is 6.57. The van der Waals surface area contributed by atoms with Crippen LogP contribution in [0.15, 0.2) is 30.3 Å². The van der Waals surface area contributed by atoms with Gasteiger partial charge < -0.3 is 9.47 Å². The summed E-state index contributed by atoms with van der Waals surface area (Å²) >= 11 is 0. The normalized spacial score (nSPS) is 15.8. The summed E-state index contributed by atoms with van der Waals surface area (Å²) in [6, 6.07) is 9.12. The Morgan fingerprint density at radius 2 is 1.92 bits per heavy atom. The Morgan fingerprint density at radius 3 is 2.60 bits per heavy atom. The van der Waals surface area contributed by atoms with Crippen LogP contribution in [0.4, 0.5) is 0 Å². The highest BCUT2D eigenvalue weighted by molar-refractivity contribution is 6.04. The van der Waals surface area contributed by atoms with Crippen molar-refractivity contribution in [3.05, 3.63) is 58.1 Å². The minimum Gasteiger partial charge on any atom is -0.496 e. The molecule has 0 radical (unpaired) electrons. The lowest BCUT2D eigenvalue weighted by atomic mass is 9.97. The zero-order chi connectivity index (χ0) is 18.1. The number of hydrogen-bond acceptors (Lipinski definition) is 4. The van der Waals surface area contributed by atoms with Crippen LogP contribution in [0.2, 0.25) is 0 Å². The molecular formula is C21H22O4. The van der Waals surface area contributed by atoms with Crippen molar-refractivity contribution >= 4 is 11.6 Å². The van der Waals surface area contributed by atoms with Crippen LogP contribution >= 0.6 is 0 Å². The number of methoxy groups -OCH3 is 1. The van der Waals surface area contributed by atoms with Crippen molar-refractivity contribution in [3.63, 3.8) is 0 Å². The van der Waals surface area contributed by atoms with Gasteiger partial charge in [-0.05, 0) is 55.2 Å². The number of ketones is 2. The number of carbonyl (C=O) groups excluding carboxylic acids is 2. The zero-order valence-corrected chi connectivity index (χ0v) is 15.0. The molecule has 2 aromatic rings. The van der Waals surface area contributed by atoms with Crippen molar-refractivity contribution < 1.29 is 19.1 Å². The molecule has 1 aliphatic rings. The van der Waals surface area contributed by atoms with Crippen LogP contribution in [0.1, 0.15) is 63.6 Å². The summed E-state index contributed by atoms with van der Waals surface area (Å²) in [5, 5.41) is 0. The summed E-state index contributed by atoms with van der Waals surface area (Å²) in [5.41, 5.74) is 4.30. The first kappa shape index (κ1) is 17.2. The summed E-state index contributed by atoms with van der Waals surface area (Å²) in [6.45, 7) is 5.86. The van der Waals surface area contributed by atoms with E-state index in [0.29, 0.717) is 29.0 Å². The van der Waals surface area contributed by atoms with Crippen LogP contribution in [-0.4, -0.2) is 18.7 Å². The third-order valence-electron chi connectivity index (χ3n) is 4.76. The molecule has 4 heteroatoms. The van der Waals surface area contributed by atoms with E-state index in [9.17, 15) is 9.59 Å². The monoisotopic (exact) mass is 338 g/mol. The molecule has 0 aliphatic heterocycles. The van der Waals surface area contributed by atoms with Gasteiger partial charge in [-0.15, -0.1) is 0 Å². The number of hydrogen-bond donors (Lipinski definition) is 0. The molecular weight excluding hydrogens is 316 g/mol. The van der Waals surface area contributed by atoms with Gasteiger partial charge in [0.15, 0.2) is 11.6 Å². The molecule has 0 bridgehead atoms. The highest BCUT2D eigenvalue weighted by Crippen LogP contribution is 2.40. The Hall–Kier alpha value is -2.62. The van der Waals surface area contributed by atoms with Crippen molar-refractivity contribution in [3.8, 4) is 11.5 Å². The second kappa shape index (κ2) is 6.71. The molecule has 0 saturated heterocycles. The SMILES string of the molecule is COc1ccc(C(C)=O)cc1COc1ccc(C)c2c1C(=O)C[C@@H]2C. The summed E-state index contributed by atoms with van der Waals surface area (Å²) in [6.07, 6.45) is 0.527. The molecule has 130 valence electrons. The van der Waals surface area contributed by atoms with E-state index in [2.05, 4.69) is 6.92 Å².